The molecule has 4 aromatic carbocycles. The van der Waals surface area contributed by atoms with Crippen molar-refractivity contribution in [3.8, 4) is 17.1 Å². The zero-order valence-electron chi connectivity index (χ0n) is 28.2. The average molecular weight is 765 g/mol. The Morgan fingerprint density at radius 1 is 0.846 bits per heavy atom. The van der Waals surface area contributed by atoms with Crippen LogP contribution < -0.4 is 15.4 Å². The lowest BCUT2D eigenvalue weighted by atomic mass is 10.1. The average Bonchev–Trinajstić information content (AvgIpc) is 3.55. The van der Waals surface area contributed by atoms with Crippen LogP contribution in [-0.4, -0.2) is 49.6 Å². The highest BCUT2D eigenvalue weighted by Crippen LogP contribution is 2.33. The summed E-state index contributed by atoms with van der Waals surface area (Å²) in [6.07, 6.45) is 2.73. The lowest BCUT2D eigenvalue weighted by molar-refractivity contribution is 0.306. The Labute approximate surface area is 311 Å². The van der Waals surface area contributed by atoms with Crippen molar-refractivity contribution in [3.05, 3.63) is 137 Å². The Morgan fingerprint density at radius 2 is 1.58 bits per heavy atom. The molecule has 0 aliphatic rings. The van der Waals surface area contributed by atoms with E-state index in [0.29, 0.717) is 47.8 Å². The van der Waals surface area contributed by atoms with E-state index >= 15 is 0 Å². The summed E-state index contributed by atoms with van der Waals surface area (Å²) in [5.41, 5.74) is 5.98. The maximum Gasteiger partial charge on any atom is 0.425 e. The van der Waals surface area contributed by atoms with E-state index < -0.39 is 20.4 Å². The summed E-state index contributed by atoms with van der Waals surface area (Å²) < 4.78 is 59.9. The predicted molar refractivity (Wildman–Crippen MR) is 207 cm³/mol. The number of anilines is 2. The van der Waals surface area contributed by atoms with Crippen molar-refractivity contribution >= 4 is 54.5 Å². The third kappa shape index (κ3) is 13.9. The van der Waals surface area contributed by atoms with Crippen LogP contribution in [0.2, 0.25) is 5.02 Å². The van der Waals surface area contributed by atoms with Gasteiger partial charge in [-0.3, -0.25) is 0 Å². The van der Waals surface area contributed by atoms with E-state index in [9.17, 15) is 8.42 Å². The Morgan fingerprint density at radius 3 is 2.23 bits per heavy atom. The maximum absolute atomic E-state index is 11.3. The molecule has 11 nitrogen and oxygen atoms in total. The third-order valence-corrected chi connectivity index (χ3v) is 8.38. The number of furan rings is 1. The zero-order valence-corrected chi connectivity index (χ0v) is 30.6. The number of nitrogens with zero attached hydrogens (tertiary/aromatic N) is 2. The molecule has 0 saturated carbocycles. The molecule has 0 aliphatic heterocycles. The third-order valence-electron chi connectivity index (χ3n) is 7.14. The number of aromatic nitrogens is 2. The normalized spacial score (nSPS) is 10.5. The first-order valence-electron chi connectivity index (χ1n) is 15.6. The monoisotopic (exact) mass is 764 g/mol. The van der Waals surface area contributed by atoms with Gasteiger partial charge in [-0.05, 0) is 67.9 Å². The molecule has 0 spiro atoms. The number of nitrogens with one attached hydrogen (secondary N) is 2. The molecule has 0 atom stereocenters. The van der Waals surface area contributed by atoms with Crippen LogP contribution in [0.3, 0.4) is 0 Å². The summed E-state index contributed by atoms with van der Waals surface area (Å²) in [6.45, 7) is 5.36. The number of halogens is 1. The SMILES string of the molecule is C.Cc1cccc(COc2ccc(Nc3ncnc4ccc(-c5ccc(CNCCS(C)(=O)=O)o5)cc34)cc2Cl)c1.Cc1ccccc1.O=S(=O)=O. The van der Waals surface area contributed by atoms with Crippen molar-refractivity contribution in [3.63, 3.8) is 0 Å². The van der Waals surface area contributed by atoms with E-state index in [4.69, 9.17) is 33.4 Å². The molecule has 6 rings (SSSR count). The first kappa shape index (κ1) is 41.3. The fourth-order valence-corrected chi connectivity index (χ4v) is 5.49. The molecule has 0 saturated heterocycles. The van der Waals surface area contributed by atoms with Gasteiger partial charge < -0.3 is 19.8 Å². The van der Waals surface area contributed by atoms with Gasteiger partial charge in [-0.2, -0.15) is 0 Å². The Balaban J connectivity index is 0.000000524. The van der Waals surface area contributed by atoms with Crippen LogP contribution in [0.5, 0.6) is 5.75 Å². The number of rotatable bonds is 11. The summed E-state index contributed by atoms with van der Waals surface area (Å²) in [5.74, 6) is 2.71. The van der Waals surface area contributed by atoms with Crippen molar-refractivity contribution < 1.29 is 30.2 Å². The summed E-state index contributed by atoms with van der Waals surface area (Å²) in [5, 5.41) is 7.75. The highest BCUT2D eigenvalue weighted by Gasteiger charge is 2.11. The van der Waals surface area contributed by atoms with Crippen LogP contribution in [0.25, 0.3) is 22.2 Å². The van der Waals surface area contributed by atoms with E-state index in [1.165, 1.54) is 23.7 Å². The van der Waals surface area contributed by atoms with Gasteiger partial charge in [0.05, 0.1) is 22.8 Å². The van der Waals surface area contributed by atoms with E-state index in [1.54, 1.807) is 6.07 Å². The summed E-state index contributed by atoms with van der Waals surface area (Å²) in [4.78, 5) is 8.86. The van der Waals surface area contributed by atoms with Gasteiger partial charge in [-0.25, -0.2) is 18.4 Å². The molecule has 2 heterocycles. The lowest BCUT2D eigenvalue weighted by Crippen LogP contribution is -2.21. The molecular weight excluding hydrogens is 724 g/mol. The summed E-state index contributed by atoms with van der Waals surface area (Å²) in [6, 6.07) is 33.5. The molecule has 274 valence electrons. The molecule has 0 radical (unpaired) electrons. The van der Waals surface area contributed by atoms with E-state index in [1.807, 2.05) is 85.8 Å². The molecule has 0 bridgehead atoms. The fourth-order valence-electron chi connectivity index (χ4n) is 4.74. The largest absolute Gasteiger partial charge is 0.487 e. The first-order chi connectivity index (χ1) is 24.4. The van der Waals surface area contributed by atoms with Crippen LogP contribution >= 0.6 is 11.6 Å². The summed E-state index contributed by atoms with van der Waals surface area (Å²) in [7, 11) is -6.12. The molecule has 2 N–H and O–H groups in total. The van der Waals surface area contributed by atoms with Crippen LogP contribution in [0.1, 0.15) is 29.9 Å². The van der Waals surface area contributed by atoms with Crippen LogP contribution in [0.15, 0.2) is 114 Å². The Kier molecular flexibility index (Phi) is 16.0. The molecule has 52 heavy (non-hydrogen) atoms. The minimum Gasteiger partial charge on any atom is -0.487 e. The van der Waals surface area contributed by atoms with Crippen LogP contribution in [-0.2, 0) is 33.6 Å². The zero-order chi connectivity index (χ0) is 36.8. The maximum atomic E-state index is 11.3. The number of hydrogen-bond donors (Lipinski definition) is 2. The minimum atomic E-state index is -3.11. The topological polar surface area (TPSA) is 158 Å². The minimum absolute atomic E-state index is 0. The number of hydrogen-bond acceptors (Lipinski definition) is 11. The van der Waals surface area contributed by atoms with Gasteiger partial charge in [-0.15, -0.1) is 12.6 Å². The molecule has 0 amide bonds. The molecule has 0 aliphatic carbocycles. The second-order valence-corrected chi connectivity index (χ2v) is 14.5. The van der Waals surface area contributed by atoms with E-state index in [2.05, 4.69) is 45.7 Å². The quantitative estimate of drug-likeness (QED) is 0.123. The molecule has 0 unspecified atom stereocenters. The van der Waals surface area contributed by atoms with Gasteiger partial charge in [0.15, 0.2) is 0 Å². The predicted octanol–water partition coefficient (Wildman–Crippen LogP) is 7.94. The molecule has 0 fully saturated rings. The Bertz CT molecular complexity index is 2280. The summed E-state index contributed by atoms with van der Waals surface area (Å²) >= 11 is 6.54. The van der Waals surface area contributed by atoms with Crippen molar-refractivity contribution in [1.82, 2.24) is 15.3 Å². The van der Waals surface area contributed by atoms with E-state index in [-0.39, 0.29) is 13.2 Å². The highest BCUT2D eigenvalue weighted by molar-refractivity contribution is 7.90. The van der Waals surface area contributed by atoms with Gasteiger partial charge in [0, 0.05) is 29.4 Å². The number of sulfone groups is 1. The smallest absolute Gasteiger partial charge is 0.425 e. The van der Waals surface area contributed by atoms with Crippen molar-refractivity contribution in [2.45, 2.75) is 34.4 Å². The van der Waals surface area contributed by atoms with Crippen LogP contribution in [0.4, 0.5) is 11.5 Å². The standard InChI is InChI=1S/C30H29ClN4O4S.C7H8.CH4.O3S/c1-20-4-3-5-21(14-20)18-38-29-10-7-23(16-26(29)31)35-30-25-15-22(6-9-27(25)33-19-34-30)28-11-8-24(39-28)17-32-12-13-40(2,36)37;1-7-5-3-2-4-6-7;;1-4(2)3/h3-11,14-16,19,32H,12-13,17-18H2,1-2H3,(H,33,34,35);2-6H,1H3;1H4;. The van der Waals surface area contributed by atoms with E-state index in [0.717, 1.165) is 27.7 Å². The van der Waals surface area contributed by atoms with Crippen LogP contribution in [0, 0.1) is 13.8 Å². The van der Waals surface area contributed by atoms with Gasteiger partial charge in [0.25, 0.3) is 0 Å². The molecule has 2 aromatic heterocycles. The number of benzene rings is 4. The van der Waals surface area contributed by atoms with Crippen molar-refractivity contribution in [1.29, 1.82) is 0 Å². The highest BCUT2D eigenvalue weighted by atomic mass is 35.5. The Hall–Kier alpha value is -5.08. The molecule has 6 aromatic rings. The second-order valence-electron chi connectivity index (χ2n) is 11.4. The number of aryl methyl sites for hydroxylation is 2. The lowest BCUT2D eigenvalue weighted by Gasteiger charge is -2.12. The second kappa shape index (κ2) is 20.1. The molecule has 14 heteroatoms. The van der Waals surface area contributed by atoms with Gasteiger partial charge in [-0.1, -0.05) is 84.8 Å². The number of ether oxygens (including phenoxy) is 1. The molecular formula is C38H41ClN4O7S2. The van der Waals surface area contributed by atoms with Gasteiger partial charge in [0.2, 0.25) is 0 Å². The fraction of sp³-hybridized carbons (Fsp3) is 0.211. The first-order valence-corrected chi connectivity index (χ1v) is 19.1. The van der Waals surface area contributed by atoms with Gasteiger partial charge >= 0.3 is 10.6 Å². The van der Waals surface area contributed by atoms with Gasteiger partial charge in [0.1, 0.15) is 45.9 Å². The van der Waals surface area contributed by atoms with Crippen molar-refractivity contribution in [2.75, 3.05) is 23.9 Å². The van der Waals surface area contributed by atoms with Crippen molar-refractivity contribution in [2.24, 2.45) is 0 Å². The number of fused-ring (bicyclic) bond motifs is 1.